The van der Waals surface area contributed by atoms with Gasteiger partial charge in [0.1, 0.15) is 5.75 Å². The molecule has 1 amide bonds. The van der Waals surface area contributed by atoms with E-state index in [1.807, 2.05) is 18.2 Å². The van der Waals surface area contributed by atoms with Gasteiger partial charge < -0.3 is 10.1 Å². The van der Waals surface area contributed by atoms with E-state index < -0.39 is 0 Å². The van der Waals surface area contributed by atoms with Gasteiger partial charge in [-0.25, -0.2) is 4.98 Å². The normalized spacial score (nSPS) is 17.4. The van der Waals surface area contributed by atoms with Crippen LogP contribution in [0.1, 0.15) is 0 Å². The van der Waals surface area contributed by atoms with E-state index in [9.17, 15) is 4.79 Å². The predicted molar refractivity (Wildman–Crippen MR) is 73.9 cm³/mol. The van der Waals surface area contributed by atoms with E-state index in [0.29, 0.717) is 16.1 Å². The molecule has 1 saturated heterocycles. The summed E-state index contributed by atoms with van der Waals surface area (Å²) in [5.41, 5.74) is 0.884. The topological polar surface area (TPSA) is 63.6 Å². The zero-order chi connectivity index (χ0) is 12.5. The molecule has 1 aliphatic heterocycles. The molecule has 1 aliphatic rings. The van der Waals surface area contributed by atoms with Crippen molar-refractivity contribution >= 4 is 49.5 Å². The van der Waals surface area contributed by atoms with Gasteiger partial charge in [-0.15, -0.1) is 0 Å². The smallest absolute Gasteiger partial charge is 0.236 e. The largest absolute Gasteiger partial charge is 0.497 e. The van der Waals surface area contributed by atoms with Gasteiger partial charge in [0.2, 0.25) is 11.0 Å². The molecule has 2 heterocycles. The van der Waals surface area contributed by atoms with Crippen molar-refractivity contribution in [2.45, 2.75) is 0 Å². The molecular formula is C11H9N3O2S2. The van der Waals surface area contributed by atoms with Crippen LogP contribution in [0.4, 0.5) is 5.13 Å². The molecule has 1 fully saturated rings. The molecule has 3 rings (SSSR count). The fourth-order valence-corrected chi connectivity index (χ4v) is 3.15. The van der Waals surface area contributed by atoms with Crippen LogP contribution in [-0.2, 0) is 4.79 Å². The molecule has 0 bridgehead atoms. The Morgan fingerprint density at radius 3 is 3.11 bits per heavy atom. The van der Waals surface area contributed by atoms with Crippen molar-refractivity contribution in [2.24, 2.45) is 4.99 Å². The Balaban J connectivity index is 1.96. The van der Waals surface area contributed by atoms with Gasteiger partial charge in [-0.05, 0) is 18.2 Å². The van der Waals surface area contributed by atoms with Crippen LogP contribution in [0.2, 0.25) is 0 Å². The number of rotatable bonds is 2. The third-order valence-corrected chi connectivity index (χ3v) is 4.15. The van der Waals surface area contributed by atoms with Crippen LogP contribution in [0, 0.1) is 0 Å². The van der Waals surface area contributed by atoms with E-state index in [1.54, 1.807) is 7.11 Å². The highest BCUT2D eigenvalue weighted by Crippen LogP contribution is 2.31. The zero-order valence-electron chi connectivity index (χ0n) is 9.47. The van der Waals surface area contributed by atoms with Crippen molar-refractivity contribution in [1.29, 1.82) is 0 Å². The summed E-state index contributed by atoms with van der Waals surface area (Å²) in [4.78, 5) is 19.8. The number of nitrogens with zero attached hydrogens (tertiary/aromatic N) is 2. The van der Waals surface area contributed by atoms with Gasteiger partial charge in [0.25, 0.3) is 0 Å². The molecule has 5 nitrogen and oxygen atoms in total. The average Bonchev–Trinajstić information content (AvgIpc) is 2.94. The summed E-state index contributed by atoms with van der Waals surface area (Å²) in [5.74, 6) is 1.22. The number of hydrogen-bond donors (Lipinski definition) is 1. The number of thiazole rings is 1. The maximum Gasteiger partial charge on any atom is 0.236 e. The lowest BCUT2D eigenvalue weighted by Crippen LogP contribution is -2.19. The van der Waals surface area contributed by atoms with E-state index in [-0.39, 0.29) is 5.91 Å². The second kappa shape index (κ2) is 4.58. The zero-order valence-corrected chi connectivity index (χ0v) is 11.1. The Morgan fingerprint density at radius 2 is 2.39 bits per heavy atom. The average molecular weight is 279 g/mol. The van der Waals surface area contributed by atoms with Gasteiger partial charge in [0, 0.05) is 0 Å². The number of fused-ring (bicyclic) bond motifs is 1. The van der Waals surface area contributed by atoms with Crippen molar-refractivity contribution in [1.82, 2.24) is 10.3 Å². The SMILES string of the molecule is COc1ccc2nc(N=C3NC(=O)CS3)sc2c1. The first-order chi connectivity index (χ1) is 8.74. The molecule has 0 aliphatic carbocycles. The first-order valence-corrected chi connectivity index (χ1v) is 7.01. The van der Waals surface area contributed by atoms with Gasteiger partial charge in [0.15, 0.2) is 5.17 Å². The van der Waals surface area contributed by atoms with Crippen molar-refractivity contribution in [2.75, 3.05) is 12.9 Å². The minimum atomic E-state index is -0.0125. The number of ether oxygens (including phenoxy) is 1. The molecule has 0 saturated carbocycles. The maximum atomic E-state index is 11.1. The van der Waals surface area contributed by atoms with Crippen LogP contribution >= 0.6 is 23.1 Å². The van der Waals surface area contributed by atoms with Gasteiger partial charge in [-0.2, -0.15) is 4.99 Å². The summed E-state index contributed by atoms with van der Waals surface area (Å²) >= 11 is 2.87. The number of nitrogens with one attached hydrogen (secondary N) is 1. The number of amidine groups is 1. The van der Waals surface area contributed by atoms with E-state index >= 15 is 0 Å². The van der Waals surface area contributed by atoms with E-state index in [0.717, 1.165) is 16.0 Å². The van der Waals surface area contributed by atoms with E-state index in [1.165, 1.54) is 23.1 Å². The lowest BCUT2D eigenvalue weighted by atomic mass is 10.3. The van der Waals surface area contributed by atoms with Crippen molar-refractivity contribution < 1.29 is 9.53 Å². The lowest BCUT2D eigenvalue weighted by molar-refractivity contribution is -0.116. The first kappa shape index (κ1) is 11.5. The maximum absolute atomic E-state index is 11.1. The van der Waals surface area contributed by atoms with E-state index in [2.05, 4.69) is 15.3 Å². The molecule has 2 aromatic rings. The highest BCUT2D eigenvalue weighted by Gasteiger charge is 2.17. The molecule has 0 unspecified atom stereocenters. The number of methoxy groups -OCH3 is 1. The van der Waals surface area contributed by atoms with Crippen LogP contribution in [0.15, 0.2) is 23.2 Å². The Morgan fingerprint density at radius 1 is 1.50 bits per heavy atom. The second-order valence-electron chi connectivity index (χ2n) is 3.58. The van der Waals surface area contributed by atoms with Gasteiger partial charge in [0.05, 0.1) is 23.1 Å². The molecule has 0 radical (unpaired) electrons. The molecule has 7 heteroatoms. The van der Waals surface area contributed by atoms with Gasteiger partial charge in [-0.3, -0.25) is 4.79 Å². The summed E-state index contributed by atoms with van der Waals surface area (Å²) in [5, 5.41) is 3.94. The third-order valence-electron chi connectivity index (χ3n) is 2.37. The standard InChI is InChI=1S/C11H9N3O2S2/c1-16-6-2-3-7-8(4-6)18-11(12-7)14-10-13-9(15)5-17-10/h2-4H,5H2,1H3,(H,12,13,14,15). The Kier molecular flexibility index (Phi) is 2.92. The molecular weight excluding hydrogens is 270 g/mol. The number of thioether (sulfide) groups is 1. The lowest BCUT2D eigenvalue weighted by Gasteiger charge is -1.96. The molecule has 0 atom stereocenters. The summed E-state index contributed by atoms with van der Waals surface area (Å²) in [7, 11) is 1.63. The summed E-state index contributed by atoms with van der Waals surface area (Å²) in [6.45, 7) is 0. The molecule has 1 N–H and O–H groups in total. The molecule has 1 aromatic carbocycles. The summed E-state index contributed by atoms with van der Waals surface area (Å²) < 4.78 is 6.18. The fourth-order valence-electron chi connectivity index (χ4n) is 1.54. The van der Waals surface area contributed by atoms with Crippen LogP contribution < -0.4 is 10.1 Å². The van der Waals surface area contributed by atoms with Crippen molar-refractivity contribution in [3.63, 3.8) is 0 Å². The number of benzene rings is 1. The Bertz CT molecular complexity index is 651. The summed E-state index contributed by atoms with van der Waals surface area (Å²) in [6.07, 6.45) is 0. The van der Waals surface area contributed by atoms with Gasteiger partial charge in [-0.1, -0.05) is 23.1 Å². The molecule has 1 aromatic heterocycles. The highest BCUT2D eigenvalue weighted by atomic mass is 32.2. The second-order valence-corrected chi connectivity index (χ2v) is 5.56. The van der Waals surface area contributed by atoms with Crippen molar-refractivity contribution in [3.05, 3.63) is 18.2 Å². The predicted octanol–water partition coefficient (Wildman–Crippen LogP) is 2.16. The monoisotopic (exact) mass is 279 g/mol. The number of carbonyl (C=O) groups is 1. The fraction of sp³-hybridized carbons (Fsp3) is 0.182. The minimum Gasteiger partial charge on any atom is -0.497 e. The Labute approximate surface area is 111 Å². The molecule has 92 valence electrons. The van der Waals surface area contributed by atoms with Crippen LogP contribution in [0.5, 0.6) is 5.75 Å². The molecule has 18 heavy (non-hydrogen) atoms. The number of aliphatic imine (C=N–C) groups is 1. The molecule has 0 spiro atoms. The van der Waals surface area contributed by atoms with Crippen molar-refractivity contribution in [3.8, 4) is 5.75 Å². The number of aromatic nitrogens is 1. The third kappa shape index (κ3) is 2.19. The number of amides is 1. The summed E-state index contributed by atoms with van der Waals surface area (Å²) in [6, 6.07) is 5.69. The quantitative estimate of drug-likeness (QED) is 0.915. The number of hydrogen-bond acceptors (Lipinski definition) is 6. The number of carbonyl (C=O) groups excluding carboxylic acids is 1. The Hall–Kier alpha value is -1.60. The van der Waals surface area contributed by atoms with Crippen LogP contribution in [-0.4, -0.2) is 28.9 Å². The first-order valence-electron chi connectivity index (χ1n) is 5.20. The van der Waals surface area contributed by atoms with Crippen LogP contribution in [0.3, 0.4) is 0 Å². The van der Waals surface area contributed by atoms with Gasteiger partial charge >= 0.3 is 0 Å². The van der Waals surface area contributed by atoms with E-state index in [4.69, 9.17) is 4.74 Å². The van der Waals surface area contributed by atoms with Crippen LogP contribution in [0.25, 0.3) is 10.2 Å². The minimum absolute atomic E-state index is 0.0125. The highest BCUT2D eigenvalue weighted by molar-refractivity contribution is 8.15.